The molecule has 3 N–H and O–H groups in total. The summed E-state index contributed by atoms with van der Waals surface area (Å²) in [5, 5.41) is 21.6. The van der Waals surface area contributed by atoms with Crippen molar-refractivity contribution in [1.29, 1.82) is 0 Å². The Labute approximate surface area is 119 Å². The van der Waals surface area contributed by atoms with Gasteiger partial charge in [-0.1, -0.05) is 25.7 Å². The molecule has 2 unspecified atom stereocenters. The predicted octanol–water partition coefficient (Wildman–Crippen LogP) is 1.55. The zero-order valence-corrected chi connectivity index (χ0v) is 11.9. The van der Waals surface area contributed by atoms with Crippen LogP contribution in [0.4, 0.5) is 0 Å². The number of rotatable bonds is 5. The van der Waals surface area contributed by atoms with E-state index < -0.39 is 17.8 Å². The summed E-state index contributed by atoms with van der Waals surface area (Å²) in [4.78, 5) is 23.3. The minimum absolute atomic E-state index is 0.0975. The van der Waals surface area contributed by atoms with Crippen LogP contribution in [0.25, 0.3) is 0 Å². The summed E-state index contributed by atoms with van der Waals surface area (Å²) in [6.07, 6.45) is 7.33. The third-order valence-electron chi connectivity index (χ3n) is 5.06. The Kier molecular flexibility index (Phi) is 5.02. The zero-order valence-electron chi connectivity index (χ0n) is 11.9. The smallest absolute Gasteiger partial charge is 0.307 e. The van der Waals surface area contributed by atoms with Crippen molar-refractivity contribution in [2.75, 3.05) is 13.2 Å². The maximum absolute atomic E-state index is 12.2. The first kappa shape index (κ1) is 15.3. The molecule has 1 amide bonds. The SMILES string of the molecule is O=C(O)C1CCCC1C(=O)NCC1(CO)CCCCC1. The van der Waals surface area contributed by atoms with Gasteiger partial charge < -0.3 is 15.5 Å². The molecule has 2 atom stereocenters. The van der Waals surface area contributed by atoms with Gasteiger partial charge in [-0.2, -0.15) is 0 Å². The summed E-state index contributed by atoms with van der Waals surface area (Å²) >= 11 is 0. The molecule has 2 aliphatic carbocycles. The summed E-state index contributed by atoms with van der Waals surface area (Å²) in [5.41, 5.74) is -0.189. The van der Waals surface area contributed by atoms with Crippen LogP contribution in [0.3, 0.4) is 0 Å². The van der Waals surface area contributed by atoms with Crippen molar-refractivity contribution >= 4 is 11.9 Å². The zero-order chi connectivity index (χ0) is 14.6. The van der Waals surface area contributed by atoms with E-state index in [9.17, 15) is 14.7 Å². The Morgan fingerprint density at radius 1 is 1.05 bits per heavy atom. The number of aliphatic hydroxyl groups is 1. The van der Waals surface area contributed by atoms with E-state index in [0.717, 1.165) is 32.1 Å². The molecule has 2 saturated carbocycles. The first-order chi connectivity index (χ1) is 9.58. The molecule has 0 spiro atoms. The van der Waals surface area contributed by atoms with Gasteiger partial charge in [0.05, 0.1) is 18.4 Å². The van der Waals surface area contributed by atoms with Crippen molar-refractivity contribution in [3.63, 3.8) is 0 Å². The van der Waals surface area contributed by atoms with E-state index in [1.54, 1.807) is 0 Å². The van der Waals surface area contributed by atoms with E-state index in [-0.39, 0.29) is 17.9 Å². The largest absolute Gasteiger partial charge is 0.481 e. The van der Waals surface area contributed by atoms with Gasteiger partial charge in [-0.15, -0.1) is 0 Å². The van der Waals surface area contributed by atoms with Crippen LogP contribution in [0.15, 0.2) is 0 Å². The molecule has 20 heavy (non-hydrogen) atoms. The van der Waals surface area contributed by atoms with Crippen molar-refractivity contribution < 1.29 is 19.8 Å². The number of amides is 1. The van der Waals surface area contributed by atoms with Gasteiger partial charge in [-0.25, -0.2) is 0 Å². The lowest BCUT2D eigenvalue weighted by Gasteiger charge is -2.36. The molecule has 0 radical (unpaired) electrons. The average molecular weight is 283 g/mol. The van der Waals surface area contributed by atoms with Gasteiger partial charge in [0, 0.05) is 12.0 Å². The Morgan fingerprint density at radius 3 is 2.30 bits per heavy atom. The fourth-order valence-corrected chi connectivity index (χ4v) is 3.67. The molecule has 0 aliphatic heterocycles. The van der Waals surface area contributed by atoms with Crippen LogP contribution in [0.2, 0.25) is 0 Å². The number of aliphatic hydroxyl groups excluding tert-OH is 1. The van der Waals surface area contributed by atoms with Crippen molar-refractivity contribution in [2.24, 2.45) is 17.3 Å². The highest BCUT2D eigenvalue weighted by molar-refractivity contribution is 5.85. The first-order valence-corrected chi connectivity index (χ1v) is 7.69. The molecule has 2 fully saturated rings. The van der Waals surface area contributed by atoms with Crippen LogP contribution < -0.4 is 5.32 Å². The van der Waals surface area contributed by atoms with Crippen LogP contribution in [-0.2, 0) is 9.59 Å². The number of carboxylic acid groups (broad SMARTS) is 1. The highest BCUT2D eigenvalue weighted by Crippen LogP contribution is 2.36. The number of nitrogens with one attached hydrogen (secondary N) is 1. The number of hydrogen-bond donors (Lipinski definition) is 3. The van der Waals surface area contributed by atoms with E-state index in [1.807, 2.05) is 0 Å². The maximum atomic E-state index is 12.2. The number of carbonyl (C=O) groups excluding carboxylic acids is 1. The summed E-state index contributed by atoms with van der Waals surface area (Å²) in [5.74, 6) is -1.94. The lowest BCUT2D eigenvalue weighted by Crippen LogP contribution is -2.44. The maximum Gasteiger partial charge on any atom is 0.307 e. The molecule has 2 rings (SSSR count). The van der Waals surface area contributed by atoms with E-state index in [4.69, 9.17) is 5.11 Å². The molecular weight excluding hydrogens is 258 g/mol. The number of carbonyl (C=O) groups is 2. The highest BCUT2D eigenvalue weighted by atomic mass is 16.4. The van der Waals surface area contributed by atoms with E-state index in [0.29, 0.717) is 19.4 Å². The predicted molar refractivity (Wildman–Crippen MR) is 74.1 cm³/mol. The van der Waals surface area contributed by atoms with Crippen LogP contribution in [-0.4, -0.2) is 35.2 Å². The van der Waals surface area contributed by atoms with Gasteiger partial charge in [0.15, 0.2) is 0 Å². The van der Waals surface area contributed by atoms with Gasteiger partial charge in [0.25, 0.3) is 0 Å². The van der Waals surface area contributed by atoms with E-state index >= 15 is 0 Å². The molecule has 5 heteroatoms. The lowest BCUT2D eigenvalue weighted by atomic mass is 9.74. The summed E-state index contributed by atoms with van der Waals surface area (Å²) in [7, 11) is 0. The third kappa shape index (κ3) is 3.32. The van der Waals surface area contributed by atoms with Crippen molar-refractivity contribution in [2.45, 2.75) is 51.4 Å². The average Bonchev–Trinajstić information content (AvgIpc) is 2.95. The van der Waals surface area contributed by atoms with Crippen LogP contribution >= 0.6 is 0 Å². The third-order valence-corrected chi connectivity index (χ3v) is 5.06. The van der Waals surface area contributed by atoms with Crippen LogP contribution in [0.1, 0.15) is 51.4 Å². The standard InChI is InChI=1S/C15H25NO4/c17-10-15(7-2-1-3-8-15)9-16-13(18)11-5-4-6-12(11)14(19)20/h11-12,17H,1-10H2,(H,16,18)(H,19,20). The molecule has 114 valence electrons. The van der Waals surface area contributed by atoms with Gasteiger partial charge in [0.2, 0.25) is 5.91 Å². The van der Waals surface area contributed by atoms with Gasteiger partial charge in [0.1, 0.15) is 0 Å². The topological polar surface area (TPSA) is 86.6 Å². The van der Waals surface area contributed by atoms with Crippen molar-refractivity contribution in [3.8, 4) is 0 Å². The van der Waals surface area contributed by atoms with Crippen LogP contribution in [0.5, 0.6) is 0 Å². The summed E-state index contributed by atoms with van der Waals surface area (Å²) in [6.45, 7) is 0.575. The number of aliphatic carboxylic acids is 1. The first-order valence-electron chi connectivity index (χ1n) is 7.69. The van der Waals surface area contributed by atoms with Crippen LogP contribution in [0, 0.1) is 17.3 Å². The Balaban J connectivity index is 1.89. The molecule has 0 saturated heterocycles. The second kappa shape index (κ2) is 6.57. The number of carboxylic acids is 1. The normalized spacial score (nSPS) is 29.1. The molecule has 0 aromatic rings. The minimum Gasteiger partial charge on any atom is -0.481 e. The van der Waals surface area contributed by atoms with E-state index in [1.165, 1.54) is 6.42 Å². The Hall–Kier alpha value is -1.10. The molecule has 0 heterocycles. The van der Waals surface area contributed by atoms with Gasteiger partial charge in [-0.3, -0.25) is 9.59 Å². The van der Waals surface area contributed by atoms with E-state index in [2.05, 4.69) is 5.32 Å². The van der Waals surface area contributed by atoms with Crippen molar-refractivity contribution in [3.05, 3.63) is 0 Å². The van der Waals surface area contributed by atoms with Crippen molar-refractivity contribution in [1.82, 2.24) is 5.32 Å². The van der Waals surface area contributed by atoms with Gasteiger partial charge >= 0.3 is 5.97 Å². The fraction of sp³-hybridized carbons (Fsp3) is 0.867. The lowest BCUT2D eigenvalue weighted by molar-refractivity contribution is -0.146. The summed E-state index contributed by atoms with van der Waals surface area (Å²) in [6, 6.07) is 0. The quantitative estimate of drug-likeness (QED) is 0.714. The molecule has 5 nitrogen and oxygen atoms in total. The monoisotopic (exact) mass is 283 g/mol. The molecular formula is C15H25NO4. The fourth-order valence-electron chi connectivity index (χ4n) is 3.67. The molecule has 0 aromatic heterocycles. The van der Waals surface area contributed by atoms with Gasteiger partial charge in [-0.05, 0) is 25.7 Å². The second-order valence-corrected chi connectivity index (χ2v) is 6.42. The number of hydrogen-bond acceptors (Lipinski definition) is 3. The molecule has 0 aromatic carbocycles. The Morgan fingerprint density at radius 2 is 1.70 bits per heavy atom. The molecule has 2 aliphatic rings. The Bertz CT molecular complexity index is 363. The second-order valence-electron chi connectivity index (χ2n) is 6.42. The highest BCUT2D eigenvalue weighted by Gasteiger charge is 2.39. The summed E-state index contributed by atoms with van der Waals surface area (Å²) < 4.78 is 0. The molecule has 0 bridgehead atoms. The minimum atomic E-state index is -0.864.